The van der Waals surface area contributed by atoms with Gasteiger partial charge < -0.3 is 9.84 Å². The maximum absolute atomic E-state index is 14.9. The van der Waals surface area contributed by atoms with E-state index >= 15 is 0 Å². The van der Waals surface area contributed by atoms with E-state index in [2.05, 4.69) is 0 Å². The highest BCUT2D eigenvalue weighted by atomic mass is 19.1. The molecule has 0 radical (unpaired) electrons. The molecule has 3 aromatic rings. The van der Waals surface area contributed by atoms with Crippen molar-refractivity contribution in [2.45, 2.75) is 26.8 Å². The number of rotatable bonds is 6. The number of benzene rings is 3. The first-order valence-electron chi connectivity index (χ1n) is 11.2. The van der Waals surface area contributed by atoms with Gasteiger partial charge in [0.2, 0.25) is 0 Å². The van der Waals surface area contributed by atoms with Crippen LogP contribution in [0, 0.1) is 24.5 Å². The monoisotopic (exact) mass is 477 g/mol. The number of nitrogens with zero attached hydrogens (tertiary/aromatic N) is 1. The summed E-state index contributed by atoms with van der Waals surface area (Å²) in [4.78, 5) is 27.3. The van der Waals surface area contributed by atoms with E-state index in [-0.39, 0.29) is 22.4 Å². The van der Waals surface area contributed by atoms with Crippen molar-refractivity contribution in [3.05, 3.63) is 101 Å². The highest BCUT2D eigenvalue weighted by Crippen LogP contribution is 2.43. The minimum absolute atomic E-state index is 0.00567. The highest BCUT2D eigenvalue weighted by Gasteiger charge is 2.47. The Morgan fingerprint density at radius 1 is 1.03 bits per heavy atom. The van der Waals surface area contributed by atoms with Crippen molar-refractivity contribution in [1.29, 1.82) is 0 Å². The van der Waals surface area contributed by atoms with Crippen molar-refractivity contribution < 1.29 is 28.2 Å². The molecule has 1 unspecified atom stereocenters. The largest absolute Gasteiger partial charge is 0.507 e. The number of aryl methyl sites for hydroxylation is 1. The maximum atomic E-state index is 14.9. The Balaban J connectivity index is 1.87. The molecule has 4 rings (SSSR count). The fourth-order valence-corrected chi connectivity index (χ4v) is 4.09. The molecule has 1 heterocycles. The van der Waals surface area contributed by atoms with Gasteiger partial charge in [-0.25, -0.2) is 8.78 Å². The van der Waals surface area contributed by atoms with Crippen LogP contribution in [0.2, 0.25) is 0 Å². The van der Waals surface area contributed by atoms with E-state index in [4.69, 9.17) is 4.74 Å². The van der Waals surface area contributed by atoms with Gasteiger partial charge in [0, 0.05) is 16.8 Å². The summed E-state index contributed by atoms with van der Waals surface area (Å²) < 4.78 is 34.7. The normalized spacial score (nSPS) is 17.3. The second-order valence-corrected chi connectivity index (χ2v) is 8.86. The van der Waals surface area contributed by atoms with E-state index < -0.39 is 35.1 Å². The number of ketones is 1. The van der Waals surface area contributed by atoms with Crippen LogP contribution in [0.5, 0.6) is 5.75 Å². The Morgan fingerprint density at radius 2 is 1.77 bits per heavy atom. The molecule has 1 aliphatic rings. The molecule has 0 spiro atoms. The second-order valence-electron chi connectivity index (χ2n) is 8.86. The van der Waals surface area contributed by atoms with Crippen molar-refractivity contribution in [2.24, 2.45) is 5.92 Å². The Morgan fingerprint density at radius 3 is 2.43 bits per heavy atom. The molecule has 5 nitrogen and oxygen atoms in total. The van der Waals surface area contributed by atoms with Crippen LogP contribution in [0.1, 0.15) is 36.6 Å². The number of carbonyl (C=O) groups excluding carboxylic acids is 2. The smallest absolute Gasteiger partial charge is 0.300 e. The van der Waals surface area contributed by atoms with Crippen LogP contribution in [0.3, 0.4) is 0 Å². The molecule has 1 atom stereocenters. The third-order valence-electron chi connectivity index (χ3n) is 5.75. The third kappa shape index (κ3) is 4.67. The fourth-order valence-electron chi connectivity index (χ4n) is 4.09. The first-order valence-corrected chi connectivity index (χ1v) is 11.2. The summed E-state index contributed by atoms with van der Waals surface area (Å²) in [5, 5.41) is 11.2. The number of anilines is 1. The number of aliphatic hydroxyl groups is 1. The molecular weight excluding hydrogens is 452 g/mol. The molecule has 1 amide bonds. The zero-order valence-corrected chi connectivity index (χ0v) is 19.6. The molecule has 35 heavy (non-hydrogen) atoms. The zero-order chi connectivity index (χ0) is 25.3. The van der Waals surface area contributed by atoms with Crippen molar-refractivity contribution in [3.63, 3.8) is 0 Å². The van der Waals surface area contributed by atoms with Gasteiger partial charge in [-0.3, -0.25) is 14.5 Å². The van der Waals surface area contributed by atoms with Crippen LogP contribution < -0.4 is 9.64 Å². The van der Waals surface area contributed by atoms with E-state index in [0.717, 1.165) is 16.5 Å². The van der Waals surface area contributed by atoms with E-state index in [1.807, 2.05) is 13.8 Å². The van der Waals surface area contributed by atoms with Gasteiger partial charge in [0.15, 0.2) is 0 Å². The lowest BCUT2D eigenvalue weighted by atomic mass is 9.94. The molecule has 0 aromatic heterocycles. The van der Waals surface area contributed by atoms with Gasteiger partial charge in [0.05, 0.1) is 18.2 Å². The number of carbonyl (C=O) groups is 2. The van der Waals surface area contributed by atoms with Gasteiger partial charge in [0.1, 0.15) is 23.1 Å². The summed E-state index contributed by atoms with van der Waals surface area (Å²) in [5.74, 6) is -2.77. The predicted octanol–water partition coefficient (Wildman–Crippen LogP) is 5.93. The van der Waals surface area contributed by atoms with E-state index in [0.29, 0.717) is 18.3 Å². The summed E-state index contributed by atoms with van der Waals surface area (Å²) >= 11 is 0. The van der Waals surface area contributed by atoms with E-state index in [1.54, 1.807) is 31.2 Å². The number of amides is 1. The molecule has 1 aliphatic heterocycles. The fraction of sp³-hybridized carbons (Fsp3) is 0.214. The van der Waals surface area contributed by atoms with Crippen LogP contribution in [-0.2, 0) is 9.59 Å². The van der Waals surface area contributed by atoms with Crippen LogP contribution in [0.25, 0.3) is 5.76 Å². The first kappa shape index (κ1) is 24.1. The van der Waals surface area contributed by atoms with Gasteiger partial charge in [-0.15, -0.1) is 0 Å². The van der Waals surface area contributed by atoms with Crippen LogP contribution >= 0.6 is 0 Å². The number of aliphatic hydroxyl groups excluding tert-OH is 1. The Bertz CT molecular complexity index is 1330. The molecule has 1 saturated heterocycles. The number of hydrogen-bond acceptors (Lipinski definition) is 4. The van der Waals surface area contributed by atoms with Crippen molar-refractivity contribution in [1.82, 2.24) is 0 Å². The third-order valence-corrected chi connectivity index (χ3v) is 5.75. The van der Waals surface area contributed by atoms with Gasteiger partial charge in [-0.2, -0.15) is 0 Å². The van der Waals surface area contributed by atoms with Gasteiger partial charge >= 0.3 is 0 Å². The molecule has 1 fully saturated rings. The summed E-state index contributed by atoms with van der Waals surface area (Å²) in [6, 6.07) is 14.4. The lowest BCUT2D eigenvalue weighted by Crippen LogP contribution is -2.30. The van der Waals surface area contributed by atoms with E-state index in [9.17, 15) is 23.5 Å². The summed E-state index contributed by atoms with van der Waals surface area (Å²) in [6.07, 6.45) is 0. The van der Waals surface area contributed by atoms with Crippen molar-refractivity contribution >= 4 is 23.1 Å². The van der Waals surface area contributed by atoms with E-state index in [1.165, 1.54) is 36.4 Å². The average Bonchev–Trinajstić information content (AvgIpc) is 3.08. The van der Waals surface area contributed by atoms with Crippen LogP contribution in [-0.4, -0.2) is 23.4 Å². The predicted molar refractivity (Wildman–Crippen MR) is 129 cm³/mol. The minimum Gasteiger partial charge on any atom is -0.507 e. The Hall–Kier alpha value is -4.00. The van der Waals surface area contributed by atoms with Gasteiger partial charge in [-0.1, -0.05) is 38.1 Å². The van der Waals surface area contributed by atoms with Crippen molar-refractivity contribution in [3.8, 4) is 5.75 Å². The van der Waals surface area contributed by atoms with Crippen LogP contribution in [0.15, 0.2) is 72.3 Å². The first-order chi connectivity index (χ1) is 16.7. The minimum atomic E-state index is -1.28. The molecule has 7 heteroatoms. The van der Waals surface area contributed by atoms with Crippen LogP contribution in [0.4, 0.5) is 14.5 Å². The highest BCUT2D eigenvalue weighted by molar-refractivity contribution is 6.51. The maximum Gasteiger partial charge on any atom is 0.300 e. The number of hydrogen-bond donors (Lipinski definition) is 1. The number of halogens is 2. The second kappa shape index (κ2) is 9.70. The topological polar surface area (TPSA) is 66.8 Å². The lowest BCUT2D eigenvalue weighted by Gasteiger charge is -2.25. The molecule has 180 valence electrons. The lowest BCUT2D eigenvalue weighted by molar-refractivity contribution is -0.132. The Kier molecular flexibility index (Phi) is 6.69. The molecule has 1 N–H and O–H groups in total. The molecule has 3 aromatic carbocycles. The van der Waals surface area contributed by atoms with Gasteiger partial charge in [0.25, 0.3) is 11.7 Å². The molecule has 0 bridgehead atoms. The van der Waals surface area contributed by atoms with Gasteiger partial charge in [-0.05, 0) is 60.9 Å². The zero-order valence-electron chi connectivity index (χ0n) is 19.6. The summed E-state index contributed by atoms with van der Waals surface area (Å²) in [5.41, 5.74) is 0.799. The quantitative estimate of drug-likeness (QED) is 0.271. The standard InChI is InChI=1S/C28H25F2NO4/c1-16(2)15-35-23-12-11-18(13-17(23)3)26(32)24-25(21-9-4-5-10-22(21)30)31(28(34)27(24)33)20-8-6-7-19(29)14-20/h4-14,16,25,32H,15H2,1-3H3/b26-24+. The summed E-state index contributed by atoms with van der Waals surface area (Å²) in [7, 11) is 0. The molecule has 0 saturated carbocycles. The molecular formula is C28H25F2NO4. The summed E-state index contributed by atoms with van der Waals surface area (Å²) in [6.45, 7) is 6.36. The number of ether oxygens (including phenoxy) is 1. The molecule has 0 aliphatic carbocycles. The van der Waals surface area contributed by atoms with Crippen molar-refractivity contribution in [2.75, 3.05) is 11.5 Å². The SMILES string of the molecule is Cc1cc(/C(O)=C2\C(=O)C(=O)N(c3cccc(F)c3)C2c2ccccc2F)ccc1OCC(C)C. The average molecular weight is 478 g/mol. The Labute approximate surface area is 202 Å². The number of Topliss-reactive ketones (excluding diaryl/α,β-unsaturated/α-hetero) is 1.